The molecule has 2 aliphatic heterocycles. The first-order chi connectivity index (χ1) is 16.2. The molecular formula is C23H31N9O. The topological polar surface area (TPSA) is 114 Å². The monoisotopic (exact) mass is 449 g/mol. The van der Waals surface area contributed by atoms with Crippen molar-refractivity contribution in [2.45, 2.75) is 96.0 Å². The van der Waals surface area contributed by atoms with Crippen LogP contribution in [0.15, 0.2) is 32.0 Å². The fraction of sp³-hybridized carbons (Fsp3) is 0.696. The normalized spacial score (nSPS) is 27.3. The van der Waals surface area contributed by atoms with E-state index < -0.39 is 0 Å². The fourth-order valence-corrected chi connectivity index (χ4v) is 5.88. The van der Waals surface area contributed by atoms with Crippen LogP contribution in [0.1, 0.15) is 76.5 Å². The van der Waals surface area contributed by atoms with Gasteiger partial charge in [0.25, 0.3) is 0 Å². The molecule has 1 N–H and O–H groups in total. The number of anilines is 1. The summed E-state index contributed by atoms with van der Waals surface area (Å²) < 4.78 is 1.99. The summed E-state index contributed by atoms with van der Waals surface area (Å²) in [6, 6.07) is 0.473. The molecule has 4 heterocycles. The number of fused-ring (bicyclic) bond motifs is 1. The molecule has 0 bridgehead atoms. The Morgan fingerprint density at radius 1 is 1.12 bits per heavy atom. The molecule has 0 aromatic carbocycles. The molecule has 174 valence electrons. The molecule has 0 atom stereocenters. The standard InChI is InChI=1S/C23H31N9O/c1-3-17-19(18-12-23(33-29-18)10-14(11-23)21-27-30-31-28-21)20(25-15-8-6-5-7-9-15)16-13-24-32(4-2)22(16)26-17/h13-15,21H,3-12H2,1-2H3,(H,25,26). The lowest BCUT2D eigenvalue weighted by Crippen LogP contribution is -2.47. The van der Waals surface area contributed by atoms with Gasteiger partial charge in [0.2, 0.25) is 0 Å². The van der Waals surface area contributed by atoms with Gasteiger partial charge >= 0.3 is 0 Å². The second-order valence-electron chi connectivity index (χ2n) is 9.82. The molecule has 4 aliphatic rings. The Morgan fingerprint density at radius 2 is 1.91 bits per heavy atom. The minimum atomic E-state index is -0.261. The number of pyridine rings is 1. The maximum Gasteiger partial charge on any atom is 0.188 e. The van der Waals surface area contributed by atoms with Crippen LogP contribution < -0.4 is 5.32 Å². The third kappa shape index (κ3) is 3.50. The van der Waals surface area contributed by atoms with Gasteiger partial charge in [0.05, 0.1) is 28.7 Å². The Morgan fingerprint density at radius 3 is 2.64 bits per heavy atom. The molecule has 0 saturated heterocycles. The SMILES string of the molecule is CCc1nc2c(cnn2CC)c(NC2CCCCC2)c1C1=NOC2(C1)CC(C1N=NN=N1)C2. The number of hydrogen-bond donors (Lipinski definition) is 1. The van der Waals surface area contributed by atoms with Crippen molar-refractivity contribution in [3.63, 3.8) is 0 Å². The zero-order valence-corrected chi connectivity index (χ0v) is 19.4. The second kappa shape index (κ2) is 8.14. The van der Waals surface area contributed by atoms with Gasteiger partial charge in [-0.05, 0) is 49.5 Å². The van der Waals surface area contributed by atoms with Crippen LogP contribution in [0.25, 0.3) is 11.0 Å². The second-order valence-corrected chi connectivity index (χ2v) is 9.82. The van der Waals surface area contributed by atoms with Gasteiger partial charge in [-0.25, -0.2) is 9.67 Å². The van der Waals surface area contributed by atoms with E-state index in [2.05, 4.69) is 50.1 Å². The Bertz CT molecular complexity index is 1130. The van der Waals surface area contributed by atoms with Crippen LogP contribution in [0, 0.1) is 5.92 Å². The van der Waals surface area contributed by atoms with Gasteiger partial charge in [0.15, 0.2) is 11.8 Å². The first kappa shape index (κ1) is 20.7. The molecule has 0 unspecified atom stereocenters. The van der Waals surface area contributed by atoms with E-state index in [1.807, 2.05) is 10.9 Å². The van der Waals surface area contributed by atoms with Crippen LogP contribution in [0.5, 0.6) is 0 Å². The van der Waals surface area contributed by atoms with E-state index in [9.17, 15) is 0 Å². The van der Waals surface area contributed by atoms with E-state index in [4.69, 9.17) is 9.82 Å². The van der Waals surface area contributed by atoms with Gasteiger partial charge in [-0.2, -0.15) is 5.10 Å². The highest BCUT2D eigenvalue weighted by atomic mass is 16.7. The lowest BCUT2D eigenvalue weighted by molar-refractivity contribution is -0.112. The van der Waals surface area contributed by atoms with Crippen molar-refractivity contribution >= 4 is 22.4 Å². The number of aromatic nitrogens is 3. The summed E-state index contributed by atoms with van der Waals surface area (Å²) in [6.07, 6.45) is 11.5. The molecule has 2 saturated carbocycles. The molecule has 0 radical (unpaired) electrons. The van der Waals surface area contributed by atoms with Crippen LogP contribution in [-0.4, -0.2) is 38.3 Å². The minimum Gasteiger partial charge on any atom is -0.389 e. The summed E-state index contributed by atoms with van der Waals surface area (Å²) in [5, 5.41) is 29.8. The number of nitrogens with one attached hydrogen (secondary N) is 1. The van der Waals surface area contributed by atoms with E-state index in [0.717, 1.165) is 65.9 Å². The number of hydrogen-bond acceptors (Lipinski definition) is 9. The van der Waals surface area contributed by atoms with Gasteiger partial charge in [0, 0.05) is 30.5 Å². The molecule has 0 amide bonds. The summed E-state index contributed by atoms with van der Waals surface area (Å²) in [5.41, 5.74) is 5.00. The highest BCUT2D eigenvalue weighted by Crippen LogP contribution is 2.50. The Labute approximate surface area is 192 Å². The predicted molar refractivity (Wildman–Crippen MR) is 124 cm³/mol. The van der Waals surface area contributed by atoms with Crippen molar-refractivity contribution in [2.24, 2.45) is 31.7 Å². The van der Waals surface area contributed by atoms with Gasteiger partial charge in [-0.15, -0.1) is 10.2 Å². The smallest absolute Gasteiger partial charge is 0.188 e. The Balaban J connectivity index is 1.34. The highest BCUT2D eigenvalue weighted by molar-refractivity contribution is 6.12. The van der Waals surface area contributed by atoms with Crippen LogP contribution in [-0.2, 0) is 17.8 Å². The molecule has 10 heteroatoms. The minimum absolute atomic E-state index is 0.157. The largest absolute Gasteiger partial charge is 0.389 e. The lowest BCUT2D eigenvalue weighted by Gasteiger charge is -2.42. The van der Waals surface area contributed by atoms with Crippen LogP contribution in [0.3, 0.4) is 0 Å². The van der Waals surface area contributed by atoms with E-state index >= 15 is 0 Å². The van der Waals surface area contributed by atoms with Gasteiger partial charge in [-0.3, -0.25) is 0 Å². The number of nitrogens with zero attached hydrogens (tertiary/aromatic N) is 8. The predicted octanol–water partition coefficient (Wildman–Crippen LogP) is 5.19. The molecular weight excluding hydrogens is 418 g/mol. The molecule has 1 spiro atoms. The zero-order valence-electron chi connectivity index (χ0n) is 19.4. The van der Waals surface area contributed by atoms with Gasteiger partial charge in [0.1, 0.15) is 5.60 Å². The highest BCUT2D eigenvalue weighted by Gasteiger charge is 2.54. The summed E-state index contributed by atoms with van der Waals surface area (Å²) in [7, 11) is 0. The van der Waals surface area contributed by atoms with Crippen LogP contribution >= 0.6 is 0 Å². The average Bonchev–Trinajstić information content (AvgIpc) is 3.57. The third-order valence-electron chi connectivity index (χ3n) is 7.65. The fourth-order valence-electron chi connectivity index (χ4n) is 5.88. The van der Waals surface area contributed by atoms with Crippen molar-refractivity contribution in [2.75, 3.05) is 5.32 Å². The van der Waals surface area contributed by atoms with E-state index in [1.54, 1.807) is 0 Å². The van der Waals surface area contributed by atoms with Crippen molar-refractivity contribution in [1.82, 2.24) is 14.8 Å². The van der Waals surface area contributed by atoms with E-state index in [0.29, 0.717) is 12.0 Å². The third-order valence-corrected chi connectivity index (χ3v) is 7.65. The van der Waals surface area contributed by atoms with Crippen molar-refractivity contribution < 1.29 is 4.84 Å². The molecule has 33 heavy (non-hydrogen) atoms. The molecule has 10 nitrogen and oxygen atoms in total. The zero-order chi connectivity index (χ0) is 22.4. The summed E-state index contributed by atoms with van der Waals surface area (Å²) in [6.45, 7) is 5.07. The van der Waals surface area contributed by atoms with E-state index in [-0.39, 0.29) is 11.8 Å². The lowest BCUT2D eigenvalue weighted by atomic mass is 9.67. The van der Waals surface area contributed by atoms with Crippen LogP contribution in [0.4, 0.5) is 5.69 Å². The molecule has 6 rings (SSSR count). The summed E-state index contributed by atoms with van der Waals surface area (Å²) in [4.78, 5) is 11.1. The van der Waals surface area contributed by atoms with Crippen molar-refractivity contribution in [3.8, 4) is 0 Å². The van der Waals surface area contributed by atoms with Crippen LogP contribution in [0.2, 0.25) is 0 Å². The average molecular weight is 450 g/mol. The van der Waals surface area contributed by atoms with Gasteiger partial charge in [-0.1, -0.05) is 31.3 Å². The Kier molecular flexibility index (Phi) is 5.10. The van der Waals surface area contributed by atoms with Crippen molar-refractivity contribution in [3.05, 3.63) is 17.5 Å². The summed E-state index contributed by atoms with van der Waals surface area (Å²) in [5.74, 6) is 0.323. The Hall–Kier alpha value is -2.91. The van der Waals surface area contributed by atoms with Gasteiger partial charge < -0.3 is 10.2 Å². The molecule has 2 aromatic rings. The first-order valence-electron chi connectivity index (χ1n) is 12.4. The summed E-state index contributed by atoms with van der Waals surface area (Å²) >= 11 is 0. The quantitative estimate of drug-likeness (QED) is 0.653. The molecule has 2 fully saturated rings. The molecule has 2 aliphatic carbocycles. The van der Waals surface area contributed by atoms with Crippen molar-refractivity contribution in [1.29, 1.82) is 0 Å². The number of rotatable bonds is 6. The first-order valence-corrected chi connectivity index (χ1v) is 12.4. The maximum absolute atomic E-state index is 6.08. The maximum atomic E-state index is 6.08. The molecule has 2 aromatic heterocycles. The number of aryl methyl sites for hydroxylation is 2. The van der Waals surface area contributed by atoms with E-state index in [1.165, 1.54) is 32.1 Å². The number of oxime groups is 1.